The topological polar surface area (TPSA) is 81.6 Å². The van der Waals surface area contributed by atoms with Crippen LogP contribution < -0.4 is 5.32 Å². The number of aromatic nitrogens is 2. The molecule has 0 spiro atoms. The van der Waals surface area contributed by atoms with Gasteiger partial charge < -0.3 is 5.32 Å². The molecule has 124 valence electrons. The number of H-pyrrole nitrogens is 1. The molecule has 4 aromatic rings. The molecule has 0 fully saturated rings. The van der Waals surface area contributed by atoms with Gasteiger partial charge in [0.05, 0.1) is 23.3 Å². The maximum absolute atomic E-state index is 12.6. The predicted molar refractivity (Wildman–Crippen MR) is 101 cm³/mol. The van der Waals surface area contributed by atoms with Crippen molar-refractivity contribution in [2.24, 2.45) is 0 Å². The zero-order valence-corrected chi connectivity index (χ0v) is 13.7. The third-order valence-electron chi connectivity index (χ3n) is 4.17. The van der Waals surface area contributed by atoms with Gasteiger partial charge in [0.25, 0.3) is 5.91 Å². The Bertz CT molecular complexity index is 1140. The molecule has 0 aliphatic carbocycles. The average Bonchev–Trinajstić information content (AvgIpc) is 3.16. The van der Waals surface area contributed by atoms with E-state index in [0.717, 1.165) is 22.0 Å². The Labute approximate surface area is 149 Å². The first kappa shape index (κ1) is 15.6. The highest BCUT2D eigenvalue weighted by Crippen LogP contribution is 2.22. The van der Waals surface area contributed by atoms with Crippen molar-refractivity contribution in [2.75, 3.05) is 5.32 Å². The Morgan fingerprint density at radius 3 is 2.65 bits per heavy atom. The SMILES string of the molecule is N#Cc1ccc(-c2cccc(C(=O)Nc3ccc4[nH]ncc4c3)c2)cc1. The molecular formula is C21H14N4O. The number of carbonyl (C=O) groups excluding carboxylic acids is 1. The molecule has 0 bridgehead atoms. The number of rotatable bonds is 3. The molecule has 2 N–H and O–H groups in total. The highest BCUT2D eigenvalue weighted by atomic mass is 16.1. The summed E-state index contributed by atoms with van der Waals surface area (Å²) in [7, 11) is 0. The molecule has 5 nitrogen and oxygen atoms in total. The summed E-state index contributed by atoms with van der Waals surface area (Å²) in [5.74, 6) is -0.177. The molecule has 1 aromatic heterocycles. The molecule has 5 heteroatoms. The van der Waals surface area contributed by atoms with Gasteiger partial charge >= 0.3 is 0 Å². The quantitative estimate of drug-likeness (QED) is 0.582. The van der Waals surface area contributed by atoms with Crippen LogP contribution in [0.3, 0.4) is 0 Å². The number of aromatic amines is 1. The number of hydrogen-bond donors (Lipinski definition) is 2. The maximum Gasteiger partial charge on any atom is 0.255 e. The van der Waals surface area contributed by atoms with Gasteiger partial charge in [-0.05, 0) is 53.6 Å². The van der Waals surface area contributed by atoms with Gasteiger partial charge in [-0.15, -0.1) is 0 Å². The summed E-state index contributed by atoms with van der Waals surface area (Å²) in [5.41, 5.74) is 4.70. The van der Waals surface area contributed by atoms with Crippen molar-refractivity contribution >= 4 is 22.5 Å². The summed E-state index contributed by atoms with van der Waals surface area (Å²) in [5, 5.41) is 19.6. The van der Waals surface area contributed by atoms with Gasteiger partial charge in [0, 0.05) is 16.6 Å². The van der Waals surface area contributed by atoms with Crippen LogP contribution in [0.15, 0.2) is 72.9 Å². The minimum Gasteiger partial charge on any atom is -0.322 e. The molecule has 0 saturated heterocycles. The second kappa shape index (κ2) is 6.54. The molecule has 0 radical (unpaired) electrons. The monoisotopic (exact) mass is 338 g/mol. The third kappa shape index (κ3) is 3.04. The van der Waals surface area contributed by atoms with E-state index in [0.29, 0.717) is 16.8 Å². The van der Waals surface area contributed by atoms with E-state index in [4.69, 9.17) is 5.26 Å². The lowest BCUT2D eigenvalue weighted by Gasteiger charge is -2.08. The van der Waals surface area contributed by atoms with E-state index in [1.807, 2.05) is 48.5 Å². The fourth-order valence-electron chi connectivity index (χ4n) is 2.80. The van der Waals surface area contributed by atoms with Crippen LogP contribution in [0.1, 0.15) is 15.9 Å². The molecule has 0 unspecified atom stereocenters. The van der Waals surface area contributed by atoms with Crippen molar-refractivity contribution in [3.8, 4) is 17.2 Å². The fraction of sp³-hybridized carbons (Fsp3) is 0. The maximum atomic E-state index is 12.6. The van der Waals surface area contributed by atoms with E-state index in [2.05, 4.69) is 21.6 Å². The largest absolute Gasteiger partial charge is 0.322 e. The molecule has 3 aromatic carbocycles. The van der Waals surface area contributed by atoms with Crippen LogP contribution in [-0.4, -0.2) is 16.1 Å². The van der Waals surface area contributed by atoms with Crippen LogP contribution >= 0.6 is 0 Å². The van der Waals surface area contributed by atoms with Crippen molar-refractivity contribution in [2.45, 2.75) is 0 Å². The number of carbonyl (C=O) groups is 1. The Balaban J connectivity index is 1.58. The van der Waals surface area contributed by atoms with Gasteiger partial charge in [0.2, 0.25) is 0 Å². The molecule has 0 atom stereocenters. The number of benzene rings is 3. The van der Waals surface area contributed by atoms with E-state index < -0.39 is 0 Å². The van der Waals surface area contributed by atoms with Crippen LogP contribution in [0, 0.1) is 11.3 Å². The van der Waals surface area contributed by atoms with Crippen molar-refractivity contribution in [1.29, 1.82) is 5.26 Å². The summed E-state index contributed by atoms with van der Waals surface area (Å²) in [6.45, 7) is 0. The second-order valence-electron chi connectivity index (χ2n) is 5.90. The van der Waals surface area contributed by atoms with E-state index in [1.165, 1.54) is 0 Å². The van der Waals surface area contributed by atoms with Crippen LogP contribution in [0.25, 0.3) is 22.0 Å². The van der Waals surface area contributed by atoms with Crippen LogP contribution in [0.5, 0.6) is 0 Å². The molecule has 4 rings (SSSR count). The van der Waals surface area contributed by atoms with Crippen molar-refractivity contribution in [1.82, 2.24) is 10.2 Å². The van der Waals surface area contributed by atoms with Crippen molar-refractivity contribution in [3.63, 3.8) is 0 Å². The number of amides is 1. The van der Waals surface area contributed by atoms with Crippen LogP contribution in [-0.2, 0) is 0 Å². The van der Waals surface area contributed by atoms with Crippen LogP contribution in [0.4, 0.5) is 5.69 Å². The third-order valence-corrected chi connectivity index (χ3v) is 4.17. The van der Waals surface area contributed by atoms with Crippen molar-refractivity contribution in [3.05, 3.63) is 84.1 Å². The fourth-order valence-corrected chi connectivity index (χ4v) is 2.80. The first-order valence-corrected chi connectivity index (χ1v) is 8.08. The Morgan fingerprint density at radius 2 is 1.85 bits per heavy atom. The zero-order chi connectivity index (χ0) is 17.9. The summed E-state index contributed by atoms with van der Waals surface area (Å²) in [6, 6.07) is 22.4. The standard InChI is InChI=1S/C21H14N4O/c22-12-14-4-6-15(7-5-14)16-2-1-3-17(10-16)21(26)24-19-8-9-20-18(11-19)13-23-25-20/h1-11,13H,(H,23,25)(H,24,26). The smallest absolute Gasteiger partial charge is 0.255 e. The zero-order valence-electron chi connectivity index (χ0n) is 13.7. The normalized spacial score (nSPS) is 10.4. The summed E-state index contributed by atoms with van der Waals surface area (Å²) < 4.78 is 0. The molecule has 26 heavy (non-hydrogen) atoms. The summed E-state index contributed by atoms with van der Waals surface area (Å²) in [4.78, 5) is 12.6. The van der Waals surface area contributed by atoms with E-state index in [1.54, 1.807) is 24.4 Å². The number of fused-ring (bicyclic) bond motifs is 1. The van der Waals surface area contributed by atoms with E-state index in [9.17, 15) is 4.79 Å². The minimum absolute atomic E-state index is 0.177. The highest BCUT2D eigenvalue weighted by molar-refractivity contribution is 6.05. The van der Waals surface area contributed by atoms with E-state index in [-0.39, 0.29) is 5.91 Å². The first-order chi connectivity index (χ1) is 12.7. The molecule has 1 heterocycles. The second-order valence-corrected chi connectivity index (χ2v) is 5.90. The first-order valence-electron chi connectivity index (χ1n) is 8.08. The van der Waals surface area contributed by atoms with E-state index >= 15 is 0 Å². The lowest BCUT2D eigenvalue weighted by atomic mass is 10.0. The number of anilines is 1. The van der Waals surface area contributed by atoms with Gasteiger partial charge in [-0.3, -0.25) is 9.89 Å². The summed E-state index contributed by atoms with van der Waals surface area (Å²) in [6.07, 6.45) is 1.72. The Hall–Kier alpha value is -3.91. The Kier molecular flexibility index (Phi) is 3.92. The van der Waals surface area contributed by atoms with Gasteiger partial charge in [0.1, 0.15) is 0 Å². The molecule has 1 amide bonds. The molecule has 0 aliphatic heterocycles. The lowest BCUT2D eigenvalue weighted by Crippen LogP contribution is -2.11. The number of hydrogen-bond acceptors (Lipinski definition) is 3. The van der Waals surface area contributed by atoms with Gasteiger partial charge in [-0.2, -0.15) is 10.4 Å². The number of nitrogens with one attached hydrogen (secondary N) is 2. The van der Waals surface area contributed by atoms with Gasteiger partial charge in [-0.1, -0.05) is 24.3 Å². The van der Waals surface area contributed by atoms with Crippen LogP contribution in [0.2, 0.25) is 0 Å². The highest BCUT2D eigenvalue weighted by Gasteiger charge is 2.09. The van der Waals surface area contributed by atoms with Crippen molar-refractivity contribution < 1.29 is 4.79 Å². The summed E-state index contributed by atoms with van der Waals surface area (Å²) >= 11 is 0. The lowest BCUT2D eigenvalue weighted by molar-refractivity contribution is 0.102. The molecule has 0 aliphatic rings. The minimum atomic E-state index is -0.177. The van der Waals surface area contributed by atoms with Gasteiger partial charge in [0.15, 0.2) is 0 Å². The molecular weight excluding hydrogens is 324 g/mol. The average molecular weight is 338 g/mol. The molecule has 0 saturated carbocycles. The Morgan fingerprint density at radius 1 is 1.00 bits per heavy atom. The number of nitrogens with zero attached hydrogens (tertiary/aromatic N) is 2. The van der Waals surface area contributed by atoms with Gasteiger partial charge in [-0.25, -0.2) is 0 Å². The predicted octanol–water partition coefficient (Wildman–Crippen LogP) is 4.35. The number of nitriles is 1.